The van der Waals surface area contributed by atoms with Crippen molar-refractivity contribution in [2.24, 2.45) is 5.73 Å². The lowest BCUT2D eigenvalue weighted by molar-refractivity contribution is -0.124. The van der Waals surface area contributed by atoms with E-state index in [4.69, 9.17) is 10.5 Å². The molecule has 7 heteroatoms. The predicted octanol–water partition coefficient (Wildman–Crippen LogP) is 3.18. The number of primary amides is 1. The van der Waals surface area contributed by atoms with E-state index in [0.717, 1.165) is 12.8 Å². The van der Waals surface area contributed by atoms with E-state index in [1.165, 1.54) is 29.1 Å². The van der Waals surface area contributed by atoms with Gasteiger partial charge in [0.25, 0.3) is 15.9 Å². The zero-order valence-electron chi connectivity index (χ0n) is 15.6. The summed E-state index contributed by atoms with van der Waals surface area (Å²) >= 11 is 0. The third kappa shape index (κ3) is 3.46. The van der Waals surface area contributed by atoms with Crippen LogP contribution in [0.3, 0.4) is 0 Å². The molecule has 1 aliphatic carbocycles. The maximum atomic E-state index is 13.3. The van der Waals surface area contributed by atoms with Crippen molar-refractivity contribution < 1.29 is 17.9 Å². The Bertz CT molecular complexity index is 966. The fourth-order valence-electron chi connectivity index (χ4n) is 4.05. The number of sulfonamides is 1. The van der Waals surface area contributed by atoms with Gasteiger partial charge in [-0.05, 0) is 48.6 Å². The second kappa shape index (κ2) is 7.47. The normalized spacial score (nSPS) is 20.3. The standard InChI is InChI=1S/C21H24N2O4S/c22-21(24)20-14-23(18-8-4-5-9-19(18)27-20)28(25,26)17-12-10-16(11-13-17)15-6-2-1-3-7-15/h4-5,8-13,15,20H,1-3,6-7,14H2,(H2,22,24)/t20-/m0/s1. The second-order valence-corrected chi connectivity index (χ2v) is 9.28. The topological polar surface area (TPSA) is 89.7 Å². The fourth-order valence-corrected chi connectivity index (χ4v) is 5.53. The molecule has 2 aromatic carbocycles. The van der Waals surface area contributed by atoms with Crippen molar-refractivity contribution in [3.63, 3.8) is 0 Å². The summed E-state index contributed by atoms with van der Waals surface area (Å²) in [4.78, 5) is 11.9. The smallest absolute Gasteiger partial charge is 0.264 e. The highest BCUT2D eigenvalue weighted by atomic mass is 32.2. The number of nitrogens with two attached hydrogens (primary N) is 1. The van der Waals surface area contributed by atoms with Crippen LogP contribution in [0.25, 0.3) is 0 Å². The Morgan fingerprint density at radius 2 is 1.68 bits per heavy atom. The second-order valence-electron chi connectivity index (χ2n) is 7.42. The third-order valence-electron chi connectivity index (χ3n) is 5.60. The first-order valence-electron chi connectivity index (χ1n) is 9.64. The van der Waals surface area contributed by atoms with Gasteiger partial charge in [0.1, 0.15) is 5.75 Å². The zero-order valence-corrected chi connectivity index (χ0v) is 16.4. The Morgan fingerprint density at radius 3 is 2.36 bits per heavy atom. The van der Waals surface area contributed by atoms with Crippen molar-refractivity contribution in [3.05, 3.63) is 54.1 Å². The molecule has 0 radical (unpaired) electrons. The van der Waals surface area contributed by atoms with E-state index in [-0.39, 0.29) is 11.4 Å². The average molecular weight is 401 g/mol. The molecule has 0 bridgehead atoms. The monoisotopic (exact) mass is 400 g/mol. The molecule has 28 heavy (non-hydrogen) atoms. The number of carbonyl (C=O) groups is 1. The molecule has 0 unspecified atom stereocenters. The number of para-hydroxylation sites is 2. The van der Waals surface area contributed by atoms with Crippen LogP contribution in [-0.4, -0.2) is 27.0 Å². The van der Waals surface area contributed by atoms with Crippen LogP contribution in [0.2, 0.25) is 0 Å². The molecule has 6 nitrogen and oxygen atoms in total. The van der Waals surface area contributed by atoms with Crippen LogP contribution in [0, 0.1) is 0 Å². The SMILES string of the molecule is NC(=O)[C@@H]1CN(S(=O)(=O)c2ccc(C3CCCCC3)cc2)c2ccccc2O1. The van der Waals surface area contributed by atoms with E-state index in [2.05, 4.69) is 0 Å². The molecule has 2 aromatic rings. The maximum Gasteiger partial charge on any atom is 0.264 e. The van der Waals surface area contributed by atoms with Gasteiger partial charge in [-0.3, -0.25) is 9.10 Å². The lowest BCUT2D eigenvalue weighted by Gasteiger charge is -2.34. The Labute approximate surface area is 165 Å². The summed E-state index contributed by atoms with van der Waals surface area (Å²) in [6.07, 6.45) is 5.02. The van der Waals surface area contributed by atoms with Gasteiger partial charge < -0.3 is 10.5 Å². The van der Waals surface area contributed by atoms with Crippen molar-refractivity contribution in [2.45, 2.75) is 49.0 Å². The Hall–Kier alpha value is -2.54. The molecule has 148 valence electrons. The van der Waals surface area contributed by atoms with E-state index in [0.29, 0.717) is 17.4 Å². The van der Waals surface area contributed by atoms with Crippen LogP contribution in [-0.2, 0) is 14.8 Å². The van der Waals surface area contributed by atoms with Crippen molar-refractivity contribution in [3.8, 4) is 5.75 Å². The van der Waals surface area contributed by atoms with Crippen LogP contribution >= 0.6 is 0 Å². The average Bonchev–Trinajstić information content (AvgIpc) is 2.73. The van der Waals surface area contributed by atoms with Gasteiger partial charge in [-0.1, -0.05) is 43.5 Å². The third-order valence-corrected chi connectivity index (χ3v) is 7.39. The summed E-state index contributed by atoms with van der Waals surface area (Å²) in [5.74, 6) is 0.149. The fraction of sp³-hybridized carbons (Fsp3) is 0.381. The molecule has 1 amide bonds. The molecule has 0 spiro atoms. The first kappa shape index (κ1) is 18.8. The van der Waals surface area contributed by atoms with Crippen molar-refractivity contribution in [1.29, 1.82) is 0 Å². The van der Waals surface area contributed by atoms with Gasteiger partial charge in [0.2, 0.25) is 0 Å². The van der Waals surface area contributed by atoms with E-state index < -0.39 is 22.0 Å². The number of hydrogen-bond donors (Lipinski definition) is 1. The molecule has 2 aliphatic rings. The first-order chi connectivity index (χ1) is 13.5. The van der Waals surface area contributed by atoms with Gasteiger partial charge in [-0.15, -0.1) is 0 Å². The zero-order chi connectivity index (χ0) is 19.7. The van der Waals surface area contributed by atoms with E-state index in [1.807, 2.05) is 12.1 Å². The molecule has 0 saturated heterocycles. The summed E-state index contributed by atoms with van der Waals surface area (Å²) in [6.45, 7) is -0.140. The molecule has 1 aliphatic heterocycles. The van der Waals surface area contributed by atoms with Gasteiger partial charge in [0.15, 0.2) is 6.10 Å². The Balaban J connectivity index is 1.66. The van der Waals surface area contributed by atoms with Gasteiger partial charge in [-0.25, -0.2) is 8.42 Å². The Morgan fingerprint density at radius 1 is 1.00 bits per heavy atom. The number of carbonyl (C=O) groups excluding carboxylic acids is 1. The number of nitrogens with zero attached hydrogens (tertiary/aromatic N) is 1. The summed E-state index contributed by atoms with van der Waals surface area (Å²) in [6, 6.07) is 13.9. The molecule has 1 atom stereocenters. The minimum Gasteiger partial charge on any atom is -0.476 e. The lowest BCUT2D eigenvalue weighted by Crippen LogP contribution is -2.49. The summed E-state index contributed by atoms with van der Waals surface area (Å²) in [5, 5.41) is 0. The van der Waals surface area contributed by atoms with E-state index >= 15 is 0 Å². The van der Waals surface area contributed by atoms with Crippen LogP contribution in [0.1, 0.15) is 43.6 Å². The number of anilines is 1. The molecule has 0 aromatic heterocycles. The first-order valence-corrected chi connectivity index (χ1v) is 11.1. The Kier molecular flexibility index (Phi) is 5.02. The number of fused-ring (bicyclic) bond motifs is 1. The number of hydrogen-bond acceptors (Lipinski definition) is 4. The summed E-state index contributed by atoms with van der Waals surface area (Å²) < 4.78 is 33.4. The van der Waals surface area contributed by atoms with E-state index in [1.54, 1.807) is 36.4 Å². The van der Waals surface area contributed by atoms with Gasteiger partial charge >= 0.3 is 0 Å². The molecule has 1 fully saturated rings. The molecule has 1 saturated carbocycles. The highest BCUT2D eigenvalue weighted by Crippen LogP contribution is 2.37. The van der Waals surface area contributed by atoms with Crippen molar-refractivity contribution in [2.75, 3.05) is 10.8 Å². The van der Waals surface area contributed by atoms with Crippen LogP contribution < -0.4 is 14.8 Å². The quantitative estimate of drug-likeness (QED) is 0.854. The molecular formula is C21H24N2O4S. The van der Waals surface area contributed by atoms with Crippen LogP contribution in [0.5, 0.6) is 5.75 Å². The number of ether oxygens (including phenoxy) is 1. The number of benzene rings is 2. The molecule has 2 N–H and O–H groups in total. The minimum atomic E-state index is -3.84. The molecule has 4 rings (SSSR count). The number of amides is 1. The highest BCUT2D eigenvalue weighted by Gasteiger charge is 2.36. The lowest BCUT2D eigenvalue weighted by atomic mass is 9.84. The predicted molar refractivity (Wildman–Crippen MR) is 107 cm³/mol. The summed E-state index contributed by atoms with van der Waals surface area (Å²) in [7, 11) is -3.84. The largest absolute Gasteiger partial charge is 0.476 e. The summed E-state index contributed by atoms with van der Waals surface area (Å²) in [5.41, 5.74) is 6.99. The van der Waals surface area contributed by atoms with Gasteiger partial charge in [0.05, 0.1) is 17.1 Å². The van der Waals surface area contributed by atoms with Crippen molar-refractivity contribution >= 4 is 21.6 Å². The van der Waals surface area contributed by atoms with Crippen molar-refractivity contribution in [1.82, 2.24) is 0 Å². The molecule has 1 heterocycles. The number of rotatable bonds is 4. The minimum absolute atomic E-state index is 0.140. The maximum absolute atomic E-state index is 13.3. The van der Waals surface area contributed by atoms with Gasteiger partial charge in [-0.2, -0.15) is 0 Å². The molecular weight excluding hydrogens is 376 g/mol. The van der Waals surface area contributed by atoms with Crippen LogP contribution in [0.4, 0.5) is 5.69 Å². The highest BCUT2D eigenvalue weighted by molar-refractivity contribution is 7.92. The van der Waals surface area contributed by atoms with Crippen LogP contribution in [0.15, 0.2) is 53.4 Å². The van der Waals surface area contributed by atoms with Gasteiger partial charge in [0, 0.05) is 0 Å². The van der Waals surface area contributed by atoms with E-state index in [9.17, 15) is 13.2 Å².